The van der Waals surface area contributed by atoms with Crippen molar-refractivity contribution in [2.24, 2.45) is 0 Å². The molecule has 1 aromatic carbocycles. The van der Waals surface area contributed by atoms with Crippen molar-refractivity contribution in [3.8, 4) is 17.6 Å². The van der Waals surface area contributed by atoms with Gasteiger partial charge in [-0.2, -0.15) is 0 Å². The minimum absolute atomic E-state index is 0.0984. The van der Waals surface area contributed by atoms with Crippen LogP contribution in [-0.2, 0) is 14.3 Å². The zero-order valence-electron chi connectivity index (χ0n) is 16.5. The summed E-state index contributed by atoms with van der Waals surface area (Å²) in [5.41, 5.74) is 0.657. The van der Waals surface area contributed by atoms with Crippen LogP contribution in [0, 0.1) is 11.8 Å². The molecule has 1 unspecified atom stereocenters. The van der Waals surface area contributed by atoms with E-state index in [1.54, 1.807) is 29.2 Å². The number of hydrogen-bond donors (Lipinski definition) is 3. The van der Waals surface area contributed by atoms with Gasteiger partial charge in [-0.3, -0.25) is 0 Å². The van der Waals surface area contributed by atoms with Gasteiger partial charge in [-0.05, 0) is 24.3 Å². The number of nitrogens with zero attached hydrogens (tertiary/aromatic N) is 1. The number of hydrogen-bond acceptors (Lipinski definition) is 7. The molecule has 9 nitrogen and oxygen atoms in total. The zero-order valence-corrected chi connectivity index (χ0v) is 16.5. The Kier molecular flexibility index (Phi) is 9.78. The van der Waals surface area contributed by atoms with Gasteiger partial charge in [0.05, 0.1) is 20.3 Å². The number of morpholine rings is 1. The molecule has 2 rings (SSSR count). The summed E-state index contributed by atoms with van der Waals surface area (Å²) in [6.07, 6.45) is -0.691. The normalized spacial score (nSPS) is 14.3. The molecule has 3 N–H and O–H groups in total. The highest BCUT2D eigenvalue weighted by Gasteiger charge is 2.15. The molecule has 1 aliphatic heterocycles. The van der Waals surface area contributed by atoms with Crippen LogP contribution in [0.4, 0.5) is 4.79 Å². The maximum Gasteiger partial charge on any atom is 0.384 e. The second-order valence-corrected chi connectivity index (χ2v) is 6.27. The predicted molar refractivity (Wildman–Crippen MR) is 105 cm³/mol. The molecule has 1 heterocycles. The fraction of sp³-hybridized carbons (Fsp3) is 0.500. The average Bonchev–Trinajstić information content (AvgIpc) is 2.76. The van der Waals surface area contributed by atoms with Crippen LogP contribution in [0.2, 0.25) is 0 Å². The topological polar surface area (TPSA) is 109 Å². The number of nitrogens with one attached hydrogen (secondary N) is 2. The minimum atomic E-state index is -0.691. The van der Waals surface area contributed by atoms with E-state index < -0.39 is 12.1 Å². The number of rotatable bonds is 8. The highest BCUT2D eigenvalue weighted by atomic mass is 16.5. The Morgan fingerprint density at radius 2 is 1.97 bits per heavy atom. The van der Waals surface area contributed by atoms with Crippen LogP contribution in [0.3, 0.4) is 0 Å². The summed E-state index contributed by atoms with van der Waals surface area (Å²) >= 11 is 0. The largest absolute Gasteiger partial charge is 0.491 e. The van der Waals surface area contributed by atoms with E-state index in [0.29, 0.717) is 57.3 Å². The molecule has 158 valence electrons. The molecule has 9 heteroatoms. The van der Waals surface area contributed by atoms with Crippen molar-refractivity contribution >= 4 is 12.0 Å². The Bertz CT molecular complexity index is 707. The third kappa shape index (κ3) is 8.83. The first-order valence-electron chi connectivity index (χ1n) is 9.40. The number of methoxy groups -OCH3 is 1. The Hall–Kier alpha value is -2.80. The van der Waals surface area contributed by atoms with Gasteiger partial charge < -0.3 is 34.9 Å². The molecule has 1 atom stereocenters. The summed E-state index contributed by atoms with van der Waals surface area (Å²) in [5.74, 6) is 5.01. The van der Waals surface area contributed by atoms with E-state index in [1.165, 1.54) is 7.11 Å². The van der Waals surface area contributed by atoms with E-state index >= 15 is 0 Å². The van der Waals surface area contributed by atoms with Crippen molar-refractivity contribution in [2.75, 3.05) is 59.7 Å². The highest BCUT2D eigenvalue weighted by molar-refractivity contribution is 5.89. The quantitative estimate of drug-likeness (QED) is 0.306. The molecule has 0 bridgehead atoms. The van der Waals surface area contributed by atoms with Crippen LogP contribution < -0.4 is 15.4 Å². The number of esters is 1. The van der Waals surface area contributed by atoms with Crippen molar-refractivity contribution in [1.82, 2.24) is 15.5 Å². The van der Waals surface area contributed by atoms with Crippen LogP contribution in [0.25, 0.3) is 0 Å². The molecule has 0 aromatic heterocycles. The summed E-state index contributed by atoms with van der Waals surface area (Å²) < 4.78 is 15.2. The number of amides is 2. The molecule has 1 aliphatic rings. The molecule has 0 spiro atoms. The van der Waals surface area contributed by atoms with Gasteiger partial charge in [0.15, 0.2) is 0 Å². The van der Waals surface area contributed by atoms with E-state index in [9.17, 15) is 14.7 Å². The van der Waals surface area contributed by atoms with Gasteiger partial charge in [0.1, 0.15) is 18.5 Å². The Morgan fingerprint density at radius 1 is 1.24 bits per heavy atom. The monoisotopic (exact) mass is 405 g/mol. The molecule has 29 heavy (non-hydrogen) atoms. The highest BCUT2D eigenvalue weighted by Crippen LogP contribution is 2.11. The molecule has 0 aliphatic carbocycles. The smallest absolute Gasteiger partial charge is 0.384 e. The number of urea groups is 1. The lowest BCUT2D eigenvalue weighted by Crippen LogP contribution is -2.47. The number of aliphatic hydroxyl groups is 1. The van der Waals surface area contributed by atoms with Crippen molar-refractivity contribution in [3.63, 3.8) is 0 Å². The van der Waals surface area contributed by atoms with E-state index in [1.807, 2.05) is 0 Å². The third-order valence-corrected chi connectivity index (χ3v) is 4.05. The van der Waals surface area contributed by atoms with Crippen LogP contribution in [0.1, 0.15) is 5.56 Å². The first kappa shape index (κ1) is 22.5. The summed E-state index contributed by atoms with van der Waals surface area (Å²) in [6.45, 7) is 3.83. The number of ether oxygens (including phenoxy) is 3. The van der Waals surface area contributed by atoms with Crippen LogP contribution in [0.15, 0.2) is 24.3 Å². The lowest BCUT2D eigenvalue weighted by atomic mass is 10.2. The fourth-order valence-electron chi connectivity index (χ4n) is 2.46. The second kappa shape index (κ2) is 12.6. The minimum Gasteiger partial charge on any atom is -0.491 e. The molecule has 2 amide bonds. The van der Waals surface area contributed by atoms with Gasteiger partial charge in [-0.1, -0.05) is 5.92 Å². The van der Waals surface area contributed by atoms with Gasteiger partial charge in [-0.25, -0.2) is 9.59 Å². The molecular weight excluding hydrogens is 378 g/mol. The Labute approximate surface area is 170 Å². The first-order chi connectivity index (χ1) is 14.1. The number of carbonyl (C=O) groups is 2. The molecule has 1 saturated heterocycles. The Balaban J connectivity index is 1.57. The van der Waals surface area contributed by atoms with Crippen LogP contribution >= 0.6 is 0 Å². The average molecular weight is 405 g/mol. The first-order valence-corrected chi connectivity index (χ1v) is 9.40. The van der Waals surface area contributed by atoms with Crippen molar-refractivity contribution < 1.29 is 28.9 Å². The van der Waals surface area contributed by atoms with E-state index in [4.69, 9.17) is 9.47 Å². The summed E-state index contributed by atoms with van der Waals surface area (Å²) in [7, 11) is 1.27. The van der Waals surface area contributed by atoms with E-state index in [0.717, 1.165) is 0 Å². The number of aliphatic hydroxyl groups excluding tert-OH is 1. The van der Waals surface area contributed by atoms with Crippen molar-refractivity contribution in [2.45, 2.75) is 6.10 Å². The van der Waals surface area contributed by atoms with Crippen molar-refractivity contribution in [3.05, 3.63) is 29.8 Å². The van der Waals surface area contributed by atoms with Crippen molar-refractivity contribution in [1.29, 1.82) is 0 Å². The maximum absolute atomic E-state index is 11.9. The summed E-state index contributed by atoms with van der Waals surface area (Å²) in [4.78, 5) is 24.6. The maximum atomic E-state index is 11.9. The number of carbonyl (C=O) groups excluding carboxylic acids is 2. The van der Waals surface area contributed by atoms with E-state index in [2.05, 4.69) is 27.2 Å². The fourth-order valence-corrected chi connectivity index (χ4v) is 2.46. The summed E-state index contributed by atoms with van der Waals surface area (Å²) in [6, 6.07) is 6.75. The zero-order chi connectivity index (χ0) is 20.9. The van der Waals surface area contributed by atoms with E-state index in [-0.39, 0.29) is 12.6 Å². The molecule has 0 radical (unpaired) electrons. The van der Waals surface area contributed by atoms with Gasteiger partial charge in [-0.15, -0.1) is 0 Å². The van der Waals surface area contributed by atoms with Gasteiger partial charge in [0, 0.05) is 44.2 Å². The number of benzene rings is 1. The molecule has 1 fully saturated rings. The third-order valence-electron chi connectivity index (χ3n) is 4.05. The SMILES string of the molecule is COC(=O)C#Cc1ccc(OCC(O)CNCCNC(=O)N2CCOCC2)cc1. The molecule has 1 aromatic rings. The summed E-state index contributed by atoms with van der Waals surface area (Å²) in [5, 5.41) is 15.9. The predicted octanol–water partition coefficient (Wildman–Crippen LogP) is -0.418. The second-order valence-electron chi connectivity index (χ2n) is 6.27. The van der Waals surface area contributed by atoms with Crippen LogP contribution in [-0.4, -0.2) is 87.8 Å². The lowest BCUT2D eigenvalue weighted by molar-refractivity contribution is -0.133. The van der Waals surface area contributed by atoms with Crippen LogP contribution in [0.5, 0.6) is 5.75 Å². The molecule has 0 saturated carbocycles. The van der Waals surface area contributed by atoms with Gasteiger partial charge in [0.25, 0.3) is 0 Å². The van der Waals surface area contributed by atoms with Gasteiger partial charge >= 0.3 is 12.0 Å². The lowest BCUT2D eigenvalue weighted by Gasteiger charge is -2.27. The Morgan fingerprint density at radius 3 is 2.66 bits per heavy atom. The standard InChI is InChI=1S/C20H27N3O6/c1-27-19(25)7-4-16-2-5-18(6-3-16)29-15-17(24)14-21-8-9-22-20(26)23-10-12-28-13-11-23/h2-3,5-6,17,21,24H,8-15H2,1H3,(H,22,26). The molecular formula is C20H27N3O6. The van der Waals surface area contributed by atoms with Gasteiger partial charge in [0.2, 0.25) is 0 Å².